The number of hydrogen-bond donors (Lipinski definition) is 1. The fourth-order valence-corrected chi connectivity index (χ4v) is 2.99. The first-order valence-electron chi connectivity index (χ1n) is 6.43. The van der Waals surface area contributed by atoms with Gasteiger partial charge in [0.05, 0.1) is 10.2 Å². The molecule has 0 aliphatic carbocycles. The van der Waals surface area contributed by atoms with Crippen molar-refractivity contribution in [1.82, 2.24) is 9.97 Å². The second kappa shape index (κ2) is 5.97. The Morgan fingerprint density at radius 3 is 2.78 bits per heavy atom. The van der Waals surface area contributed by atoms with E-state index in [0.717, 1.165) is 47.9 Å². The molecule has 0 bridgehead atoms. The molecule has 4 nitrogen and oxygen atoms in total. The molecule has 0 radical (unpaired) electrons. The third kappa shape index (κ3) is 3.01. The van der Waals surface area contributed by atoms with Gasteiger partial charge in [-0.1, -0.05) is 13.8 Å². The second-order valence-corrected chi connectivity index (χ2v) is 5.82. The number of halogens is 1. The van der Waals surface area contributed by atoms with Crippen LogP contribution in [0.5, 0.6) is 0 Å². The van der Waals surface area contributed by atoms with E-state index in [1.54, 1.807) is 0 Å². The average Bonchev–Trinajstić information content (AvgIpc) is 2.83. The number of rotatable bonds is 4. The summed E-state index contributed by atoms with van der Waals surface area (Å²) in [6.07, 6.45) is 2.02. The van der Waals surface area contributed by atoms with Gasteiger partial charge >= 0.3 is 0 Å². The summed E-state index contributed by atoms with van der Waals surface area (Å²) in [6.45, 7) is 6.01. The molecule has 1 atom stereocenters. The summed E-state index contributed by atoms with van der Waals surface area (Å²) in [6, 6.07) is 0. The maximum Gasteiger partial charge on any atom is 0.144 e. The topological polar surface area (TPSA) is 47.0 Å². The SMILES string of the molecule is CNc1nc(CC2CCOC2)nc(C(C)C)c1Br. The number of nitrogens with one attached hydrogen (secondary N) is 1. The van der Waals surface area contributed by atoms with E-state index < -0.39 is 0 Å². The zero-order chi connectivity index (χ0) is 13.1. The lowest BCUT2D eigenvalue weighted by Gasteiger charge is -2.14. The summed E-state index contributed by atoms with van der Waals surface area (Å²) in [5.41, 5.74) is 1.07. The van der Waals surface area contributed by atoms with Crippen molar-refractivity contribution in [1.29, 1.82) is 0 Å². The standard InChI is InChI=1S/C13H20BrN3O/c1-8(2)12-11(14)13(15-3)17-10(16-12)6-9-4-5-18-7-9/h8-9H,4-7H2,1-3H3,(H,15,16,17). The molecule has 1 aromatic rings. The maximum absolute atomic E-state index is 5.41. The van der Waals surface area contributed by atoms with E-state index in [0.29, 0.717) is 11.8 Å². The number of aromatic nitrogens is 2. The monoisotopic (exact) mass is 313 g/mol. The minimum Gasteiger partial charge on any atom is -0.381 e. The van der Waals surface area contributed by atoms with Crippen molar-refractivity contribution in [3.05, 3.63) is 16.0 Å². The molecule has 1 aromatic heterocycles. The van der Waals surface area contributed by atoms with Gasteiger partial charge in [0.25, 0.3) is 0 Å². The highest BCUT2D eigenvalue weighted by Gasteiger charge is 2.20. The van der Waals surface area contributed by atoms with Crippen LogP contribution < -0.4 is 5.32 Å². The van der Waals surface area contributed by atoms with Crippen LogP contribution in [0.25, 0.3) is 0 Å². The van der Waals surface area contributed by atoms with E-state index in [4.69, 9.17) is 9.72 Å². The summed E-state index contributed by atoms with van der Waals surface area (Å²) >= 11 is 3.58. The predicted octanol–water partition coefficient (Wildman–Crippen LogP) is 2.98. The van der Waals surface area contributed by atoms with Crippen molar-refractivity contribution < 1.29 is 4.74 Å². The van der Waals surface area contributed by atoms with E-state index in [-0.39, 0.29) is 0 Å². The Morgan fingerprint density at radius 1 is 1.44 bits per heavy atom. The first-order chi connectivity index (χ1) is 8.61. The summed E-state index contributed by atoms with van der Waals surface area (Å²) in [7, 11) is 1.89. The highest BCUT2D eigenvalue weighted by Crippen LogP contribution is 2.29. The van der Waals surface area contributed by atoms with Crippen LogP contribution in [0.1, 0.15) is 37.7 Å². The van der Waals surface area contributed by atoms with E-state index in [1.165, 1.54) is 0 Å². The van der Waals surface area contributed by atoms with Crippen LogP contribution in [-0.4, -0.2) is 30.2 Å². The minimum atomic E-state index is 0.382. The molecule has 0 saturated carbocycles. The number of hydrogen-bond acceptors (Lipinski definition) is 4. The summed E-state index contributed by atoms with van der Waals surface area (Å²) in [5, 5.41) is 3.13. The Labute approximate surface area is 117 Å². The average molecular weight is 314 g/mol. The number of nitrogens with zero attached hydrogens (tertiary/aromatic N) is 2. The van der Waals surface area contributed by atoms with Crippen molar-refractivity contribution in [2.24, 2.45) is 5.92 Å². The zero-order valence-electron chi connectivity index (χ0n) is 11.2. The Bertz CT molecular complexity index is 417. The van der Waals surface area contributed by atoms with Crippen LogP contribution in [0.3, 0.4) is 0 Å². The molecule has 0 aromatic carbocycles. The molecule has 1 aliphatic heterocycles. The van der Waals surface area contributed by atoms with Crippen LogP contribution >= 0.6 is 15.9 Å². The highest BCUT2D eigenvalue weighted by molar-refractivity contribution is 9.10. The summed E-state index contributed by atoms with van der Waals surface area (Å²) in [4.78, 5) is 9.26. The van der Waals surface area contributed by atoms with Gasteiger partial charge in [-0.15, -0.1) is 0 Å². The molecule has 1 aliphatic rings. The molecular weight excluding hydrogens is 294 g/mol. The highest BCUT2D eigenvalue weighted by atomic mass is 79.9. The summed E-state index contributed by atoms with van der Waals surface area (Å²) < 4.78 is 6.39. The Morgan fingerprint density at radius 2 is 2.22 bits per heavy atom. The number of ether oxygens (including phenoxy) is 1. The van der Waals surface area contributed by atoms with Gasteiger partial charge in [-0.05, 0) is 34.2 Å². The van der Waals surface area contributed by atoms with E-state index >= 15 is 0 Å². The maximum atomic E-state index is 5.41. The van der Waals surface area contributed by atoms with Crippen molar-refractivity contribution in [2.75, 3.05) is 25.6 Å². The van der Waals surface area contributed by atoms with Gasteiger partial charge in [-0.25, -0.2) is 9.97 Å². The third-order valence-corrected chi connectivity index (χ3v) is 3.98. The van der Waals surface area contributed by atoms with Gasteiger partial charge in [0.15, 0.2) is 0 Å². The van der Waals surface area contributed by atoms with Gasteiger partial charge in [-0.2, -0.15) is 0 Å². The molecule has 0 spiro atoms. The van der Waals surface area contributed by atoms with Crippen LogP contribution in [-0.2, 0) is 11.2 Å². The van der Waals surface area contributed by atoms with Crippen LogP contribution in [0.2, 0.25) is 0 Å². The Hall–Kier alpha value is -0.680. The quantitative estimate of drug-likeness (QED) is 0.928. The lowest BCUT2D eigenvalue weighted by molar-refractivity contribution is 0.185. The van der Waals surface area contributed by atoms with Crippen LogP contribution in [0.15, 0.2) is 4.47 Å². The van der Waals surface area contributed by atoms with Gasteiger partial charge in [0, 0.05) is 26.7 Å². The van der Waals surface area contributed by atoms with Crippen LogP contribution in [0.4, 0.5) is 5.82 Å². The zero-order valence-corrected chi connectivity index (χ0v) is 12.7. The molecule has 1 unspecified atom stereocenters. The van der Waals surface area contributed by atoms with Crippen LogP contribution in [0, 0.1) is 5.92 Å². The predicted molar refractivity (Wildman–Crippen MR) is 76.0 cm³/mol. The first-order valence-corrected chi connectivity index (χ1v) is 7.23. The van der Waals surface area contributed by atoms with Gasteiger partial charge in [0.1, 0.15) is 11.6 Å². The molecular formula is C13H20BrN3O. The smallest absolute Gasteiger partial charge is 0.144 e. The molecule has 0 amide bonds. The van der Waals surface area contributed by atoms with E-state index in [2.05, 4.69) is 40.1 Å². The molecule has 5 heteroatoms. The van der Waals surface area contributed by atoms with E-state index in [1.807, 2.05) is 7.05 Å². The van der Waals surface area contributed by atoms with Crippen molar-refractivity contribution in [2.45, 2.75) is 32.6 Å². The third-order valence-electron chi connectivity index (χ3n) is 3.20. The minimum absolute atomic E-state index is 0.382. The first kappa shape index (κ1) is 13.7. The molecule has 18 heavy (non-hydrogen) atoms. The lowest BCUT2D eigenvalue weighted by Crippen LogP contribution is -2.11. The lowest BCUT2D eigenvalue weighted by atomic mass is 10.0. The van der Waals surface area contributed by atoms with Gasteiger partial charge in [-0.3, -0.25) is 0 Å². The van der Waals surface area contributed by atoms with Crippen molar-refractivity contribution in [3.8, 4) is 0 Å². The fraction of sp³-hybridized carbons (Fsp3) is 0.692. The molecule has 1 N–H and O–H groups in total. The van der Waals surface area contributed by atoms with Gasteiger partial charge in [0.2, 0.25) is 0 Å². The molecule has 1 saturated heterocycles. The Balaban J connectivity index is 2.26. The van der Waals surface area contributed by atoms with Crippen molar-refractivity contribution >= 4 is 21.7 Å². The van der Waals surface area contributed by atoms with Crippen molar-refractivity contribution in [3.63, 3.8) is 0 Å². The number of anilines is 1. The normalized spacial score (nSPS) is 19.5. The second-order valence-electron chi connectivity index (χ2n) is 5.03. The molecule has 2 heterocycles. The molecule has 2 rings (SSSR count). The Kier molecular flexibility index (Phi) is 4.56. The summed E-state index contributed by atoms with van der Waals surface area (Å²) in [5.74, 6) is 2.74. The largest absolute Gasteiger partial charge is 0.381 e. The van der Waals surface area contributed by atoms with E-state index in [9.17, 15) is 0 Å². The van der Waals surface area contributed by atoms with Gasteiger partial charge < -0.3 is 10.1 Å². The molecule has 1 fully saturated rings. The molecule has 100 valence electrons. The fourth-order valence-electron chi connectivity index (χ4n) is 2.15.